The molecule has 1 N–H and O–H groups in total. The van der Waals surface area contributed by atoms with Gasteiger partial charge in [0.15, 0.2) is 0 Å². The monoisotopic (exact) mass is 653 g/mol. The Bertz CT molecular complexity index is 1750. The van der Waals surface area contributed by atoms with Crippen LogP contribution < -0.4 is 14.4 Å². The average Bonchev–Trinajstić information content (AvgIpc) is 3.59. The highest BCUT2D eigenvalue weighted by atomic mass is 32.2. The molecule has 1 saturated carbocycles. The molecule has 1 fully saturated rings. The van der Waals surface area contributed by atoms with Gasteiger partial charge in [-0.3, -0.25) is 13.9 Å². The van der Waals surface area contributed by atoms with Gasteiger partial charge in [0.05, 0.1) is 17.7 Å². The molecule has 246 valence electrons. The summed E-state index contributed by atoms with van der Waals surface area (Å²) in [5.74, 6) is -0.443. The summed E-state index contributed by atoms with van der Waals surface area (Å²) in [5.41, 5.74) is 3.94. The first-order chi connectivity index (χ1) is 22.7. The molecule has 0 bridgehead atoms. The van der Waals surface area contributed by atoms with Crippen molar-refractivity contribution in [3.05, 3.63) is 125 Å². The molecule has 4 aromatic carbocycles. The lowest BCUT2D eigenvalue weighted by Crippen LogP contribution is -2.54. The number of rotatable bonds is 13. The Hall–Kier alpha value is -4.63. The lowest BCUT2D eigenvalue weighted by Gasteiger charge is -2.34. The summed E-state index contributed by atoms with van der Waals surface area (Å²) in [6.45, 7) is 3.45. The topological polar surface area (TPSA) is 96.0 Å². The van der Waals surface area contributed by atoms with Crippen molar-refractivity contribution in [2.45, 2.75) is 69.5 Å². The Labute approximate surface area is 278 Å². The molecule has 1 aliphatic carbocycles. The molecule has 0 aromatic heterocycles. The van der Waals surface area contributed by atoms with Crippen molar-refractivity contribution in [2.24, 2.45) is 0 Å². The summed E-state index contributed by atoms with van der Waals surface area (Å²) < 4.78 is 35.3. The number of sulfonamides is 1. The van der Waals surface area contributed by atoms with Crippen LogP contribution in [0.2, 0.25) is 0 Å². The van der Waals surface area contributed by atoms with Crippen molar-refractivity contribution < 1.29 is 22.7 Å². The fraction of sp³-hybridized carbons (Fsp3) is 0.316. The lowest BCUT2D eigenvalue weighted by atomic mass is 10.0. The van der Waals surface area contributed by atoms with Gasteiger partial charge in [0.2, 0.25) is 11.8 Å². The Kier molecular flexibility index (Phi) is 11.0. The summed E-state index contributed by atoms with van der Waals surface area (Å²) in [4.78, 5) is 30.4. The first kappa shape index (κ1) is 33.7. The first-order valence-corrected chi connectivity index (χ1v) is 17.5. The summed E-state index contributed by atoms with van der Waals surface area (Å²) in [6, 6.07) is 29.8. The van der Waals surface area contributed by atoms with E-state index in [0.29, 0.717) is 5.75 Å². The maximum atomic E-state index is 14.7. The molecule has 2 amide bonds. The van der Waals surface area contributed by atoms with E-state index in [4.69, 9.17) is 4.74 Å². The molecule has 0 spiro atoms. The zero-order valence-electron chi connectivity index (χ0n) is 27.3. The molecule has 0 saturated heterocycles. The Balaban J connectivity index is 1.58. The molecular weight excluding hydrogens is 611 g/mol. The number of carbonyl (C=O) groups excluding carboxylic acids is 2. The number of hydrogen-bond donors (Lipinski definition) is 1. The Morgan fingerprint density at radius 3 is 2.04 bits per heavy atom. The zero-order valence-corrected chi connectivity index (χ0v) is 28.1. The van der Waals surface area contributed by atoms with Gasteiger partial charge in [-0.25, -0.2) is 8.42 Å². The second-order valence-corrected chi connectivity index (χ2v) is 14.1. The highest BCUT2D eigenvalue weighted by Gasteiger charge is 2.36. The third kappa shape index (κ3) is 8.40. The Morgan fingerprint density at radius 2 is 1.40 bits per heavy atom. The van der Waals surface area contributed by atoms with E-state index in [2.05, 4.69) is 5.32 Å². The van der Waals surface area contributed by atoms with Crippen LogP contribution in [0.15, 0.2) is 108 Å². The molecular formula is C38H43N3O5S. The standard InChI is InChI=1S/C38H43N3O5S/c1-28-17-21-31(22-18-28)26-40(35(25-30-11-5-4-6-12-30)38(43)39-32-13-7-8-14-32)37(42)27-41(34-15-9-10-16-36(34)46-3)47(44,45)33-23-19-29(2)20-24-33/h4-6,9-12,15-24,32,35H,7-8,13-14,25-27H2,1-3H3,(H,39,43). The minimum atomic E-state index is -4.23. The van der Waals surface area contributed by atoms with E-state index >= 15 is 0 Å². The molecule has 0 aliphatic heterocycles. The van der Waals surface area contributed by atoms with Crippen LogP contribution in [-0.2, 0) is 32.6 Å². The number of anilines is 1. The second kappa shape index (κ2) is 15.3. The fourth-order valence-electron chi connectivity index (χ4n) is 6.00. The van der Waals surface area contributed by atoms with Crippen molar-refractivity contribution >= 4 is 27.5 Å². The van der Waals surface area contributed by atoms with Crippen molar-refractivity contribution in [1.82, 2.24) is 10.2 Å². The van der Waals surface area contributed by atoms with Crippen LogP contribution >= 0.6 is 0 Å². The molecule has 5 rings (SSSR count). The smallest absolute Gasteiger partial charge is 0.264 e. The normalized spacial score (nSPS) is 13.9. The van der Waals surface area contributed by atoms with Crippen molar-refractivity contribution in [3.63, 3.8) is 0 Å². The number of aryl methyl sites for hydroxylation is 2. The van der Waals surface area contributed by atoms with E-state index in [1.165, 1.54) is 24.1 Å². The predicted molar refractivity (Wildman–Crippen MR) is 185 cm³/mol. The van der Waals surface area contributed by atoms with Crippen LogP contribution in [0.3, 0.4) is 0 Å². The van der Waals surface area contributed by atoms with Gasteiger partial charge < -0.3 is 15.0 Å². The molecule has 0 radical (unpaired) electrons. The second-order valence-electron chi connectivity index (χ2n) is 12.2. The van der Waals surface area contributed by atoms with Gasteiger partial charge in [-0.2, -0.15) is 0 Å². The maximum Gasteiger partial charge on any atom is 0.264 e. The number of amides is 2. The molecule has 9 heteroatoms. The largest absolute Gasteiger partial charge is 0.495 e. The summed E-state index contributed by atoms with van der Waals surface area (Å²) in [7, 11) is -2.77. The van der Waals surface area contributed by atoms with Crippen molar-refractivity contribution in [1.29, 1.82) is 0 Å². The summed E-state index contributed by atoms with van der Waals surface area (Å²) in [6.07, 6.45) is 4.16. The van der Waals surface area contributed by atoms with Gasteiger partial charge >= 0.3 is 0 Å². The molecule has 0 heterocycles. The average molecular weight is 654 g/mol. The maximum absolute atomic E-state index is 14.7. The van der Waals surface area contributed by atoms with Gasteiger partial charge in [-0.1, -0.05) is 103 Å². The van der Waals surface area contributed by atoms with Gasteiger partial charge in [0, 0.05) is 19.0 Å². The summed E-state index contributed by atoms with van der Waals surface area (Å²) in [5, 5.41) is 3.21. The van der Waals surface area contributed by atoms with Crippen LogP contribution in [0.5, 0.6) is 5.75 Å². The number of nitrogens with one attached hydrogen (secondary N) is 1. The number of ether oxygens (including phenoxy) is 1. The third-order valence-corrected chi connectivity index (χ3v) is 10.5. The minimum absolute atomic E-state index is 0.0455. The van der Waals surface area contributed by atoms with E-state index in [0.717, 1.165) is 52.2 Å². The SMILES string of the molecule is COc1ccccc1N(CC(=O)N(Cc1ccc(C)cc1)C(Cc1ccccc1)C(=O)NC1CCCC1)S(=O)(=O)c1ccc(C)cc1. The molecule has 1 atom stereocenters. The van der Waals surface area contributed by atoms with E-state index in [9.17, 15) is 18.0 Å². The molecule has 1 aliphatic rings. The predicted octanol–water partition coefficient (Wildman–Crippen LogP) is 6.21. The van der Waals surface area contributed by atoms with Gasteiger partial charge in [-0.15, -0.1) is 0 Å². The molecule has 4 aromatic rings. The van der Waals surface area contributed by atoms with Crippen LogP contribution in [0.1, 0.15) is 47.9 Å². The van der Waals surface area contributed by atoms with Crippen LogP contribution in [0, 0.1) is 13.8 Å². The quantitative estimate of drug-likeness (QED) is 0.185. The molecule has 1 unspecified atom stereocenters. The molecule has 47 heavy (non-hydrogen) atoms. The van der Waals surface area contributed by atoms with E-state index in [1.54, 1.807) is 36.4 Å². The highest BCUT2D eigenvalue weighted by Crippen LogP contribution is 2.33. The highest BCUT2D eigenvalue weighted by molar-refractivity contribution is 7.92. The third-order valence-electron chi connectivity index (χ3n) is 8.69. The van der Waals surface area contributed by atoms with E-state index in [-0.39, 0.29) is 35.5 Å². The fourth-order valence-corrected chi connectivity index (χ4v) is 7.42. The van der Waals surface area contributed by atoms with Crippen molar-refractivity contribution in [2.75, 3.05) is 18.0 Å². The van der Waals surface area contributed by atoms with E-state index in [1.807, 2.05) is 68.4 Å². The van der Waals surface area contributed by atoms with Gasteiger partial charge in [-0.05, 0) is 62.1 Å². The first-order valence-electron chi connectivity index (χ1n) is 16.1. The Morgan fingerprint density at radius 1 is 0.809 bits per heavy atom. The number of benzene rings is 4. The van der Waals surface area contributed by atoms with Crippen molar-refractivity contribution in [3.8, 4) is 5.75 Å². The lowest BCUT2D eigenvalue weighted by molar-refractivity contribution is -0.140. The minimum Gasteiger partial charge on any atom is -0.495 e. The van der Waals surface area contributed by atoms with Gasteiger partial charge in [0.25, 0.3) is 10.0 Å². The van der Waals surface area contributed by atoms with E-state index < -0.39 is 28.5 Å². The number of nitrogens with zero attached hydrogens (tertiary/aromatic N) is 2. The number of methoxy groups -OCH3 is 1. The zero-order chi connectivity index (χ0) is 33.4. The van der Waals surface area contributed by atoms with Crippen LogP contribution in [0.25, 0.3) is 0 Å². The number of para-hydroxylation sites is 2. The van der Waals surface area contributed by atoms with Crippen LogP contribution in [0.4, 0.5) is 5.69 Å². The number of carbonyl (C=O) groups is 2. The number of hydrogen-bond acceptors (Lipinski definition) is 5. The van der Waals surface area contributed by atoms with Gasteiger partial charge in [0.1, 0.15) is 18.3 Å². The molecule has 8 nitrogen and oxygen atoms in total. The summed E-state index contributed by atoms with van der Waals surface area (Å²) >= 11 is 0. The van der Waals surface area contributed by atoms with Crippen LogP contribution in [-0.4, -0.2) is 50.9 Å².